The van der Waals surface area contributed by atoms with Crippen LogP contribution < -0.4 is 14.0 Å². The Hall–Kier alpha value is -5.59. The predicted molar refractivity (Wildman–Crippen MR) is 222 cm³/mol. The van der Waals surface area contributed by atoms with E-state index in [-0.39, 0.29) is 0 Å². The van der Waals surface area contributed by atoms with Crippen molar-refractivity contribution in [2.75, 3.05) is 4.90 Å². The van der Waals surface area contributed by atoms with Gasteiger partial charge in [0.25, 0.3) is 18.0 Å². The van der Waals surface area contributed by atoms with Crippen LogP contribution in [0.25, 0.3) is 48.5 Å². The van der Waals surface area contributed by atoms with Gasteiger partial charge in [0, 0.05) is 42.5 Å². The Morgan fingerprint density at radius 1 is 0.679 bits per heavy atom. The maximum Gasteiger partial charge on any atom is 0.287 e. The molecule has 3 aromatic heterocycles. The lowest BCUT2D eigenvalue weighted by Gasteiger charge is -2.22. The van der Waals surface area contributed by atoms with Gasteiger partial charge in [0.1, 0.15) is 22.8 Å². The average Bonchev–Trinajstić information content (AvgIpc) is 3.73. The molecule has 8 aromatic rings. The Labute approximate surface area is 317 Å². The molecule has 0 N–H and O–H groups in total. The molecule has 0 atom stereocenters. The van der Waals surface area contributed by atoms with E-state index in [0.29, 0.717) is 11.8 Å². The molecular weight excluding hydrogens is 667 g/mol. The van der Waals surface area contributed by atoms with Gasteiger partial charge in [0.05, 0.1) is 19.7 Å². The van der Waals surface area contributed by atoms with E-state index in [1.807, 2.05) is 17.7 Å². The van der Waals surface area contributed by atoms with Gasteiger partial charge in [0.15, 0.2) is 0 Å². The SMILES string of the molecule is Cc1ccc2c(sc3ccccc32)c1-c1cccc(N(c2ccccc2)c2cccc(-c3n(-c4c(C(C)C)cccc4C(C)C)nc[n+]3C)c2C)[n+]1C. The normalized spacial score (nSPS) is 11.7. The first-order valence-corrected chi connectivity index (χ1v) is 19.4. The van der Waals surface area contributed by atoms with E-state index in [1.54, 1.807) is 0 Å². The van der Waals surface area contributed by atoms with Gasteiger partial charge in [-0.2, -0.15) is 4.90 Å². The summed E-state index contributed by atoms with van der Waals surface area (Å²) in [5, 5.41) is 7.68. The summed E-state index contributed by atoms with van der Waals surface area (Å²) in [6, 6.07) is 44.1. The monoisotopic (exact) mass is 713 g/mol. The van der Waals surface area contributed by atoms with Crippen LogP contribution in [0.5, 0.6) is 0 Å². The first-order valence-electron chi connectivity index (χ1n) is 18.6. The zero-order valence-corrected chi connectivity index (χ0v) is 32.7. The molecule has 0 radical (unpaired) electrons. The topological polar surface area (TPSA) is 28.8 Å². The second-order valence-corrected chi connectivity index (χ2v) is 15.8. The number of anilines is 3. The lowest BCUT2D eigenvalue weighted by molar-refractivity contribution is -0.660. The number of aryl methyl sites for hydroxylation is 2. The number of fused-ring (bicyclic) bond motifs is 3. The molecule has 0 fully saturated rings. The van der Waals surface area contributed by atoms with Crippen molar-refractivity contribution >= 4 is 48.7 Å². The van der Waals surface area contributed by atoms with E-state index in [1.165, 1.54) is 59.4 Å². The number of para-hydroxylation sites is 2. The van der Waals surface area contributed by atoms with E-state index in [9.17, 15) is 0 Å². The Kier molecular flexibility index (Phi) is 8.95. The largest absolute Gasteiger partial charge is 0.287 e. The summed E-state index contributed by atoms with van der Waals surface area (Å²) in [4.78, 5) is 2.41. The van der Waals surface area contributed by atoms with Crippen molar-refractivity contribution in [1.29, 1.82) is 0 Å². The fourth-order valence-electron chi connectivity index (χ4n) is 7.95. The van der Waals surface area contributed by atoms with E-state index in [4.69, 9.17) is 5.10 Å². The molecule has 0 aliphatic rings. The number of pyridine rings is 1. The van der Waals surface area contributed by atoms with Gasteiger partial charge in [-0.3, -0.25) is 0 Å². The number of nitrogens with zero attached hydrogens (tertiary/aromatic N) is 5. The van der Waals surface area contributed by atoms with Crippen LogP contribution in [-0.2, 0) is 14.1 Å². The van der Waals surface area contributed by atoms with Crippen LogP contribution in [0, 0.1) is 13.8 Å². The molecule has 5 nitrogen and oxygen atoms in total. The van der Waals surface area contributed by atoms with E-state index >= 15 is 0 Å². The van der Waals surface area contributed by atoms with Gasteiger partial charge in [-0.05, 0) is 84.8 Å². The molecule has 6 heteroatoms. The highest BCUT2D eigenvalue weighted by molar-refractivity contribution is 7.26. The number of aromatic nitrogens is 4. The fraction of sp³-hybridized carbons (Fsp3) is 0.213. The summed E-state index contributed by atoms with van der Waals surface area (Å²) in [5.41, 5.74) is 12.1. The van der Waals surface area contributed by atoms with E-state index in [0.717, 1.165) is 28.6 Å². The minimum absolute atomic E-state index is 0.349. The van der Waals surface area contributed by atoms with E-state index < -0.39 is 0 Å². The lowest BCUT2D eigenvalue weighted by atomic mass is 9.92. The van der Waals surface area contributed by atoms with Gasteiger partial charge >= 0.3 is 0 Å². The molecule has 5 aromatic carbocycles. The van der Waals surface area contributed by atoms with Gasteiger partial charge < -0.3 is 0 Å². The molecule has 3 heterocycles. The van der Waals surface area contributed by atoms with Crippen LogP contribution >= 0.6 is 11.3 Å². The molecule has 0 saturated carbocycles. The summed E-state index contributed by atoms with van der Waals surface area (Å²) in [6.45, 7) is 13.6. The highest BCUT2D eigenvalue weighted by atomic mass is 32.1. The fourth-order valence-corrected chi connectivity index (χ4v) is 9.26. The van der Waals surface area contributed by atoms with Crippen molar-refractivity contribution in [1.82, 2.24) is 9.78 Å². The third-order valence-corrected chi connectivity index (χ3v) is 11.9. The highest BCUT2D eigenvalue weighted by Gasteiger charge is 2.32. The average molecular weight is 714 g/mol. The minimum atomic E-state index is 0.349. The molecule has 0 spiro atoms. The quantitative estimate of drug-likeness (QED) is 0.147. The maximum atomic E-state index is 5.05. The molecule has 8 rings (SSSR count). The number of benzene rings is 5. The summed E-state index contributed by atoms with van der Waals surface area (Å²) >= 11 is 1.88. The molecule has 53 heavy (non-hydrogen) atoms. The molecule has 0 bridgehead atoms. The molecule has 0 unspecified atom stereocenters. The Balaban J connectivity index is 1.34. The number of hydrogen-bond donors (Lipinski definition) is 0. The van der Waals surface area contributed by atoms with Crippen molar-refractivity contribution in [2.45, 2.75) is 53.4 Å². The first-order chi connectivity index (χ1) is 25.7. The second-order valence-electron chi connectivity index (χ2n) is 14.8. The van der Waals surface area contributed by atoms with Crippen molar-refractivity contribution in [3.63, 3.8) is 0 Å². The van der Waals surface area contributed by atoms with Crippen LogP contribution in [-0.4, -0.2) is 9.78 Å². The van der Waals surface area contributed by atoms with Crippen molar-refractivity contribution < 1.29 is 9.13 Å². The van der Waals surface area contributed by atoms with Crippen molar-refractivity contribution in [2.24, 2.45) is 14.1 Å². The van der Waals surface area contributed by atoms with Crippen LogP contribution in [0.1, 0.15) is 61.8 Å². The molecule has 0 aliphatic heterocycles. The maximum absolute atomic E-state index is 5.05. The lowest BCUT2D eigenvalue weighted by Crippen LogP contribution is -2.38. The molecular formula is C47H47N5S+2. The standard InChI is InChI=1S/C47H47N5S/c1-30(2)35-20-14-21-36(31(3)4)45(35)52-47(49(7)29-48-52)37-22-15-23-40(33(37)6)51(34-17-10-9-11-18-34)43-26-16-24-41(50(43)8)44-32(5)27-28-39-38-19-12-13-25-42(38)53-46(39)44/h9-31H,1-8H3/q+2. The molecule has 0 saturated heterocycles. The number of rotatable bonds is 8. The summed E-state index contributed by atoms with van der Waals surface area (Å²) < 4.78 is 9.35. The molecule has 0 amide bonds. The van der Waals surface area contributed by atoms with Crippen LogP contribution in [0.4, 0.5) is 17.2 Å². The smallest absolute Gasteiger partial charge is 0.233 e. The summed E-state index contributed by atoms with van der Waals surface area (Å²) in [5.74, 6) is 2.83. The third kappa shape index (κ3) is 5.82. The van der Waals surface area contributed by atoms with Gasteiger partial charge in [-0.25, -0.2) is 9.13 Å². The van der Waals surface area contributed by atoms with Gasteiger partial charge in [-0.1, -0.05) is 105 Å². The Morgan fingerprint density at radius 3 is 2.09 bits per heavy atom. The predicted octanol–water partition coefficient (Wildman–Crippen LogP) is 11.6. The zero-order valence-electron chi connectivity index (χ0n) is 31.9. The number of thiophene rings is 1. The van der Waals surface area contributed by atoms with Gasteiger partial charge in [-0.15, -0.1) is 11.3 Å². The Morgan fingerprint density at radius 2 is 1.36 bits per heavy atom. The highest BCUT2D eigenvalue weighted by Crippen LogP contribution is 2.43. The van der Waals surface area contributed by atoms with Crippen LogP contribution in [0.15, 0.2) is 128 Å². The minimum Gasteiger partial charge on any atom is -0.233 e. The second kappa shape index (κ2) is 13.8. The first kappa shape index (κ1) is 34.5. The summed E-state index contributed by atoms with van der Waals surface area (Å²) in [6.07, 6.45) is 1.94. The van der Waals surface area contributed by atoms with Crippen molar-refractivity contribution in [3.8, 4) is 28.3 Å². The van der Waals surface area contributed by atoms with Crippen LogP contribution in [0.2, 0.25) is 0 Å². The number of hydrogen-bond acceptors (Lipinski definition) is 3. The van der Waals surface area contributed by atoms with Crippen LogP contribution in [0.3, 0.4) is 0 Å². The molecule has 0 aliphatic carbocycles. The third-order valence-electron chi connectivity index (χ3n) is 10.7. The van der Waals surface area contributed by atoms with Gasteiger partial charge in [0.2, 0.25) is 0 Å². The summed E-state index contributed by atoms with van der Waals surface area (Å²) in [7, 11) is 4.31. The Bertz CT molecular complexity index is 2600. The van der Waals surface area contributed by atoms with E-state index in [2.05, 4.69) is 196 Å². The van der Waals surface area contributed by atoms with Crippen molar-refractivity contribution in [3.05, 3.63) is 150 Å². The molecule has 264 valence electrons. The zero-order chi connectivity index (χ0) is 37.0.